The maximum Gasteiger partial charge on any atom is 0.206 e. The van der Waals surface area contributed by atoms with Crippen LogP contribution in [0, 0.1) is 6.92 Å². The number of ketones is 1. The van der Waals surface area contributed by atoms with Crippen molar-refractivity contribution in [2.45, 2.75) is 6.92 Å². The summed E-state index contributed by atoms with van der Waals surface area (Å²) in [7, 11) is 1.54. The number of rotatable bonds is 3. The van der Waals surface area contributed by atoms with Gasteiger partial charge in [0.2, 0.25) is 5.78 Å². The minimum atomic E-state index is -0.125. The fourth-order valence-corrected chi connectivity index (χ4v) is 2.61. The molecule has 0 saturated carbocycles. The standard InChI is InChI=1S/C12H10ClNO2S/c1-7-6-17-12(10(7)13)11(15)8-3-9(16-2)5-14-4-8/h3-6H,1-2H3. The van der Waals surface area contributed by atoms with Gasteiger partial charge in [0.1, 0.15) is 5.75 Å². The molecule has 0 aliphatic heterocycles. The number of halogens is 1. The fraction of sp³-hybridized carbons (Fsp3) is 0.167. The summed E-state index contributed by atoms with van der Waals surface area (Å²) in [5.41, 5.74) is 1.39. The van der Waals surface area contributed by atoms with E-state index in [4.69, 9.17) is 16.3 Å². The number of methoxy groups -OCH3 is 1. The van der Waals surface area contributed by atoms with Gasteiger partial charge < -0.3 is 4.74 Å². The molecular formula is C12H10ClNO2S. The second-order valence-corrected chi connectivity index (χ2v) is 4.76. The normalized spacial score (nSPS) is 10.3. The smallest absolute Gasteiger partial charge is 0.206 e. The Labute approximate surface area is 108 Å². The zero-order valence-corrected chi connectivity index (χ0v) is 10.9. The molecular weight excluding hydrogens is 258 g/mol. The monoisotopic (exact) mass is 267 g/mol. The summed E-state index contributed by atoms with van der Waals surface area (Å²) in [4.78, 5) is 16.7. The topological polar surface area (TPSA) is 39.2 Å². The molecule has 2 rings (SSSR count). The second-order valence-electron chi connectivity index (χ2n) is 3.50. The lowest BCUT2D eigenvalue weighted by Gasteiger charge is -2.02. The highest BCUT2D eigenvalue weighted by molar-refractivity contribution is 7.13. The molecule has 0 radical (unpaired) electrons. The molecule has 17 heavy (non-hydrogen) atoms. The summed E-state index contributed by atoms with van der Waals surface area (Å²) in [6.45, 7) is 1.87. The van der Waals surface area contributed by atoms with Crippen molar-refractivity contribution in [1.29, 1.82) is 0 Å². The summed E-state index contributed by atoms with van der Waals surface area (Å²) < 4.78 is 5.03. The predicted octanol–water partition coefficient (Wildman–Crippen LogP) is 3.34. The van der Waals surface area contributed by atoms with Crippen molar-refractivity contribution in [2.24, 2.45) is 0 Å². The number of carbonyl (C=O) groups excluding carboxylic acids is 1. The van der Waals surface area contributed by atoms with Gasteiger partial charge >= 0.3 is 0 Å². The SMILES string of the molecule is COc1cncc(C(=O)c2scc(C)c2Cl)c1. The molecule has 88 valence electrons. The number of thiophene rings is 1. The third-order valence-corrected chi connectivity index (χ3v) is 4.01. The van der Waals surface area contributed by atoms with Crippen molar-refractivity contribution < 1.29 is 9.53 Å². The van der Waals surface area contributed by atoms with E-state index in [1.165, 1.54) is 24.6 Å². The van der Waals surface area contributed by atoms with E-state index in [1.807, 2.05) is 12.3 Å². The molecule has 0 N–H and O–H groups in total. The quantitative estimate of drug-likeness (QED) is 0.801. The van der Waals surface area contributed by atoms with Gasteiger partial charge in [0.15, 0.2) is 0 Å². The van der Waals surface area contributed by atoms with Crippen LogP contribution in [0.25, 0.3) is 0 Å². The molecule has 0 aromatic carbocycles. The van der Waals surface area contributed by atoms with Crippen LogP contribution < -0.4 is 4.74 Å². The maximum atomic E-state index is 12.2. The molecule has 2 aromatic rings. The second kappa shape index (κ2) is 4.85. The van der Waals surface area contributed by atoms with E-state index in [0.717, 1.165) is 5.56 Å². The van der Waals surface area contributed by atoms with E-state index in [1.54, 1.807) is 12.3 Å². The summed E-state index contributed by atoms with van der Waals surface area (Å²) in [5, 5.41) is 2.38. The molecule has 2 heterocycles. The number of nitrogens with zero attached hydrogens (tertiary/aromatic N) is 1. The molecule has 0 saturated heterocycles. The highest BCUT2D eigenvalue weighted by atomic mass is 35.5. The van der Waals surface area contributed by atoms with E-state index in [0.29, 0.717) is 21.2 Å². The number of hydrogen-bond donors (Lipinski definition) is 0. The highest BCUT2D eigenvalue weighted by Crippen LogP contribution is 2.29. The number of aryl methyl sites for hydroxylation is 1. The molecule has 0 aliphatic rings. The third-order valence-electron chi connectivity index (χ3n) is 2.32. The Kier molecular flexibility index (Phi) is 3.45. The van der Waals surface area contributed by atoms with Gasteiger partial charge in [-0.1, -0.05) is 11.6 Å². The van der Waals surface area contributed by atoms with Gasteiger partial charge in [-0.3, -0.25) is 9.78 Å². The van der Waals surface area contributed by atoms with Crippen LogP contribution in [0.5, 0.6) is 5.75 Å². The molecule has 5 heteroatoms. The molecule has 0 aliphatic carbocycles. The van der Waals surface area contributed by atoms with Crippen molar-refractivity contribution in [2.75, 3.05) is 7.11 Å². The van der Waals surface area contributed by atoms with Crippen LogP contribution in [0.15, 0.2) is 23.8 Å². The van der Waals surface area contributed by atoms with Gasteiger partial charge in [-0.25, -0.2) is 0 Å². The third kappa shape index (κ3) is 2.33. The summed E-state index contributed by atoms with van der Waals surface area (Å²) in [6.07, 6.45) is 3.06. The first-order valence-electron chi connectivity index (χ1n) is 4.91. The lowest BCUT2D eigenvalue weighted by molar-refractivity contribution is 0.104. The Morgan fingerprint density at radius 2 is 2.24 bits per heavy atom. The average molecular weight is 268 g/mol. The summed E-state index contributed by atoms with van der Waals surface area (Å²) in [6, 6.07) is 1.65. The van der Waals surface area contributed by atoms with Gasteiger partial charge in [0.25, 0.3) is 0 Å². The fourth-order valence-electron chi connectivity index (χ4n) is 1.37. The van der Waals surface area contributed by atoms with Crippen molar-refractivity contribution in [1.82, 2.24) is 4.98 Å². The molecule has 0 amide bonds. The number of carbonyl (C=O) groups is 1. The van der Waals surface area contributed by atoms with Gasteiger partial charge in [0.05, 0.1) is 23.2 Å². The van der Waals surface area contributed by atoms with Gasteiger partial charge in [-0.2, -0.15) is 0 Å². The zero-order chi connectivity index (χ0) is 12.4. The summed E-state index contributed by atoms with van der Waals surface area (Å²) in [5.74, 6) is 0.430. The van der Waals surface area contributed by atoms with E-state index in [9.17, 15) is 4.79 Å². The molecule has 0 atom stereocenters. The van der Waals surface area contributed by atoms with Crippen LogP contribution in [0.4, 0.5) is 0 Å². The van der Waals surface area contributed by atoms with E-state index < -0.39 is 0 Å². The van der Waals surface area contributed by atoms with E-state index >= 15 is 0 Å². The van der Waals surface area contributed by atoms with Crippen LogP contribution in [-0.2, 0) is 0 Å². The Bertz CT molecular complexity index is 565. The lowest BCUT2D eigenvalue weighted by atomic mass is 10.1. The average Bonchev–Trinajstić information content (AvgIpc) is 2.69. The zero-order valence-electron chi connectivity index (χ0n) is 9.36. The Morgan fingerprint density at radius 1 is 1.47 bits per heavy atom. The highest BCUT2D eigenvalue weighted by Gasteiger charge is 2.17. The number of ether oxygens (including phenoxy) is 1. The van der Waals surface area contributed by atoms with Crippen LogP contribution >= 0.6 is 22.9 Å². The van der Waals surface area contributed by atoms with Gasteiger partial charge in [-0.15, -0.1) is 11.3 Å². The van der Waals surface area contributed by atoms with Crippen LogP contribution in [-0.4, -0.2) is 17.9 Å². The Balaban J connectivity index is 2.40. The molecule has 0 unspecified atom stereocenters. The molecule has 2 aromatic heterocycles. The molecule has 0 spiro atoms. The summed E-state index contributed by atoms with van der Waals surface area (Å²) >= 11 is 7.41. The minimum Gasteiger partial charge on any atom is -0.495 e. The van der Waals surface area contributed by atoms with Crippen molar-refractivity contribution in [3.05, 3.63) is 44.9 Å². The first kappa shape index (κ1) is 12.1. The van der Waals surface area contributed by atoms with Crippen LogP contribution in [0.1, 0.15) is 20.8 Å². The number of pyridine rings is 1. The predicted molar refractivity (Wildman–Crippen MR) is 68.3 cm³/mol. The van der Waals surface area contributed by atoms with Gasteiger partial charge in [0, 0.05) is 11.8 Å². The molecule has 3 nitrogen and oxygen atoms in total. The maximum absolute atomic E-state index is 12.2. The first-order chi connectivity index (χ1) is 8.13. The van der Waals surface area contributed by atoms with Crippen molar-refractivity contribution in [3.63, 3.8) is 0 Å². The Hall–Kier alpha value is -1.39. The van der Waals surface area contributed by atoms with Crippen molar-refractivity contribution >= 4 is 28.7 Å². The molecule has 0 fully saturated rings. The molecule has 0 bridgehead atoms. The Morgan fingerprint density at radius 3 is 2.82 bits per heavy atom. The van der Waals surface area contributed by atoms with Crippen LogP contribution in [0.2, 0.25) is 5.02 Å². The first-order valence-corrected chi connectivity index (χ1v) is 6.16. The number of aromatic nitrogens is 1. The van der Waals surface area contributed by atoms with E-state index in [-0.39, 0.29) is 5.78 Å². The number of hydrogen-bond acceptors (Lipinski definition) is 4. The van der Waals surface area contributed by atoms with Crippen molar-refractivity contribution in [3.8, 4) is 5.75 Å². The lowest BCUT2D eigenvalue weighted by Crippen LogP contribution is -2.00. The van der Waals surface area contributed by atoms with Gasteiger partial charge in [-0.05, 0) is 23.9 Å². The minimum absolute atomic E-state index is 0.125. The largest absolute Gasteiger partial charge is 0.495 e. The van der Waals surface area contributed by atoms with Crippen LogP contribution in [0.3, 0.4) is 0 Å². The van der Waals surface area contributed by atoms with E-state index in [2.05, 4.69) is 4.98 Å².